The highest BCUT2D eigenvalue weighted by molar-refractivity contribution is 6.09. The van der Waals surface area contributed by atoms with Gasteiger partial charge in [-0.1, -0.05) is 80.6 Å². The van der Waals surface area contributed by atoms with Gasteiger partial charge in [-0.05, 0) is 24.0 Å². The number of rotatable bonds is 7. The van der Waals surface area contributed by atoms with Gasteiger partial charge in [0.15, 0.2) is 0 Å². The van der Waals surface area contributed by atoms with Crippen molar-refractivity contribution in [1.82, 2.24) is 10.2 Å². The molecule has 35 heavy (non-hydrogen) atoms. The van der Waals surface area contributed by atoms with E-state index in [-0.39, 0.29) is 18.4 Å². The number of imide groups is 1. The summed E-state index contributed by atoms with van der Waals surface area (Å²) >= 11 is 0. The molecule has 3 fully saturated rings. The van der Waals surface area contributed by atoms with Crippen LogP contribution in [0.15, 0.2) is 54.6 Å². The first kappa shape index (κ1) is 23.5. The minimum absolute atomic E-state index is 0.142. The van der Waals surface area contributed by atoms with E-state index < -0.39 is 35.3 Å². The fourth-order valence-electron chi connectivity index (χ4n) is 6.49. The summed E-state index contributed by atoms with van der Waals surface area (Å²) < 4.78 is 5.57. The summed E-state index contributed by atoms with van der Waals surface area (Å²) in [6.07, 6.45) is 5.52. The molecule has 0 aromatic heterocycles. The molecule has 1 aliphatic carbocycles. The monoisotopic (exact) mass is 476 g/mol. The maximum atomic E-state index is 13.9. The average molecular weight is 477 g/mol. The number of carboxylic acids is 1. The second kappa shape index (κ2) is 9.46. The molecule has 2 saturated heterocycles. The second-order valence-electron chi connectivity index (χ2n) is 10.1. The topological polar surface area (TPSA) is 95.9 Å². The van der Waals surface area contributed by atoms with Crippen molar-refractivity contribution in [3.05, 3.63) is 65.7 Å². The van der Waals surface area contributed by atoms with Gasteiger partial charge in [0.25, 0.3) is 0 Å². The van der Waals surface area contributed by atoms with Gasteiger partial charge in [0.1, 0.15) is 11.3 Å². The number of hydrogen-bond acceptors (Lipinski definition) is 5. The number of benzene rings is 2. The summed E-state index contributed by atoms with van der Waals surface area (Å²) in [5, 5.41) is 14.0. The standard InChI is InChI=1S/C28H32N2O5/c1-35-21-15-9-8-14-20(21)24-22-23(26(32)30(25(22)31)17-19-12-6-3-7-13-19)28(29-24,27(33)34)16-18-10-4-2-5-11-18/h3,6-9,12-15,18,22-24,29H,2,4-5,10-11,16-17H2,1H3,(H,33,34). The molecule has 7 nitrogen and oxygen atoms in total. The van der Waals surface area contributed by atoms with E-state index in [1.807, 2.05) is 48.5 Å². The molecule has 1 saturated carbocycles. The van der Waals surface area contributed by atoms with E-state index in [2.05, 4.69) is 5.32 Å². The van der Waals surface area contributed by atoms with Crippen molar-refractivity contribution in [2.75, 3.05) is 7.11 Å². The van der Waals surface area contributed by atoms with Crippen LogP contribution in [0, 0.1) is 17.8 Å². The minimum Gasteiger partial charge on any atom is -0.496 e. The lowest BCUT2D eigenvalue weighted by atomic mass is 9.72. The minimum atomic E-state index is -1.50. The predicted molar refractivity (Wildman–Crippen MR) is 129 cm³/mol. The van der Waals surface area contributed by atoms with Crippen molar-refractivity contribution in [2.45, 2.75) is 56.7 Å². The summed E-state index contributed by atoms with van der Waals surface area (Å²) in [6, 6.07) is 16.1. The quantitative estimate of drug-likeness (QED) is 0.588. The highest BCUT2D eigenvalue weighted by Crippen LogP contribution is 2.53. The molecule has 2 aliphatic heterocycles. The zero-order valence-corrected chi connectivity index (χ0v) is 20.0. The molecule has 2 aromatic carbocycles. The first-order valence-electron chi connectivity index (χ1n) is 12.5. The lowest BCUT2D eigenvalue weighted by Gasteiger charge is -2.35. The zero-order valence-electron chi connectivity index (χ0n) is 20.0. The Kier molecular flexibility index (Phi) is 6.36. The van der Waals surface area contributed by atoms with Crippen molar-refractivity contribution in [3.63, 3.8) is 0 Å². The van der Waals surface area contributed by atoms with E-state index >= 15 is 0 Å². The molecule has 4 atom stereocenters. The van der Waals surface area contributed by atoms with Crippen LogP contribution in [-0.2, 0) is 20.9 Å². The Bertz CT molecular complexity index is 1110. The normalized spacial score (nSPS) is 28.8. The molecule has 184 valence electrons. The third-order valence-corrected chi connectivity index (χ3v) is 8.12. The average Bonchev–Trinajstić information content (AvgIpc) is 3.35. The molecule has 5 rings (SSSR count). The highest BCUT2D eigenvalue weighted by atomic mass is 16.5. The molecular formula is C28H32N2O5. The van der Waals surface area contributed by atoms with E-state index in [9.17, 15) is 19.5 Å². The highest BCUT2D eigenvalue weighted by Gasteiger charge is 2.68. The first-order chi connectivity index (χ1) is 17.0. The molecule has 0 bridgehead atoms. The molecule has 7 heteroatoms. The van der Waals surface area contributed by atoms with E-state index in [0.29, 0.717) is 17.7 Å². The third-order valence-electron chi connectivity index (χ3n) is 8.12. The van der Waals surface area contributed by atoms with E-state index in [1.54, 1.807) is 13.2 Å². The second-order valence-corrected chi connectivity index (χ2v) is 10.1. The number of carbonyl (C=O) groups is 3. The van der Waals surface area contributed by atoms with Gasteiger partial charge in [0, 0.05) is 11.6 Å². The number of para-hydroxylation sites is 1. The Morgan fingerprint density at radius 2 is 1.71 bits per heavy atom. The van der Waals surface area contributed by atoms with Gasteiger partial charge in [0.2, 0.25) is 11.8 Å². The summed E-state index contributed by atoms with van der Waals surface area (Å²) in [5.74, 6) is -2.76. The van der Waals surface area contributed by atoms with E-state index in [1.165, 1.54) is 4.90 Å². The van der Waals surface area contributed by atoms with Crippen LogP contribution in [0.3, 0.4) is 0 Å². The fourth-order valence-corrected chi connectivity index (χ4v) is 6.49. The van der Waals surface area contributed by atoms with Crippen molar-refractivity contribution >= 4 is 17.8 Å². The van der Waals surface area contributed by atoms with Crippen molar-refractivity contribution in [2.24, 2.45) is 17.8 Å². The number of aliphatic carboxylic acids is 1. The lowest BCUT2D eigenvalue weighted by Crippen LogP contribution is -2.56. The number of carboxylic acid groups (broad SMARTS) is 1. The predicted octanol–water partition coefficient (Wildman–Crippen LogP) is 3.93. The molecule has 0 radical (unpaired) electrons. The summed E-state index contributed by atoms with van der Waals surface area (Å²) in [6.45, 7) is 0.142. The number of nitrogens with zero attached hydrogens (tertiary/aromatic N) is 1. The molecule has 2 aromatic rings. The van der Waals surface area contributed by atoms with Crippen molar-refractivity contribution in [3.8, 4) is 5.75 Å². The molecular weight excluding hydrogens is 444 g/mol. The third kappa shape index (κ3) is 4.01. The van der Waals surface area contributed by atoms with Crippen molar-refractivity contribution < 1.29 is 24.2 Å². The smallest absolute Gasteiger partial charge is 0.324 e. The lowest BCUT2D eigenvalue weighted by molar-refractivity contribution is -0.152. The van der Waals surface area contributed by atoms with Crippen LogP contribution in [0.5, 0.6) is 5.75 Å². The molecule has 2 amide bonds. The maximum absolute atomic E-state index is 13.9. The van der Waals surface area contributed by atoms with Gasteiger partial charge in [-0.25, -0.2) is 0 Å². The largest absolute Gasteiger partial charge is 0.496 e. The first-order valence-corrected chi connectivity index (χ1v) is 12.5. The van der Waals surface area contributed by atoms with Gasteiger partial charge in [-0.2, -0.15) is 0 Å². The van der Waals surface area contributed by atoms with Crippen LogP contribution in [0.25, 0.3) is 0 Å². The molecule has 0 spiro atoms. The van der Waals surface area contributed by atoms with Gasteiger partial charge in [0.05, 0.1) is 25.5 Å². The number of methoxy groups -OCH3 is 1. The van der Waals surface area contributed by atoms with Gasteiger partial charge < -0.3 is 9.84 Å². The zero-order chi connectivity index (χ0) is 24.6. The molecule has 2 heterocycles. The Balaban J connectivity index is 1.58. The van der Waals surface area contributed by atoms with E-state index in [4.69, 9.17) is 4.74 Å². The number of hydrogen-bond donors (Lipinski definition) is 2. The fraction of sp³-hybridized carbons (Fsp3) is 0.464. The summed E-state index contributed by atoms with van der Waals surface area (Å²) in [4.78, 5) is 42.0. The SMILES string of the molecule is COc1ccccc1C1NC(CC2CCCCC2)(C(=O)O)C2C(=O)N(Cc3ccccc3)C(=O)C12. The Labute approximate surface area is 205 Å². The van der Waals surface area contributed by atoms with Crippen LogP contribution in [0.2, 0.25) is 0 Å². The van der Waals surface area contributed by atoms with Crippen LogP contribution in [-0.4, -0.2) is 40.4 Å². The molecule has 4 unspecified atom stereocenters. The van der Waals surface area contributed by atoms with Crippen LogP contribution in [0.1, 0.15) is 55.7 Å². The van der Waals surface area contributed by atoms with Gasteiger partial charge in [-0.15, -0.1) is 0 Å². The van der Waals surface area contributed by atoms with Crippen LogP contribution in [0.4, 0.5) is 0 Å². The number of ether oxygens (including phenoxy) is 1. The summed E-state index contributed by atoms with van der Waals surface area (Å²) in [5.41, 5.74) is 0.0415. The van der Waals surface area contributed by atoms with Gasteiger partial charge in [-0.3, -0.25) is 24.6 Å². The van der Waals surface area contributed by atoms with Crippen LogP contribution >= 0.6 is 0 Å². The number of carbonyl (C=O) groups excluding carboxylic acids is 2. The number of nitrogens with one attached hydrogen (secondary N) is 1. The number of fused-ring (bicyclic) bond motifs is 1. The van der Waals surface area contributed by atoms with E-state index in [0.717, 1.165) is 37.7 Å². The van der Waals surface area contributed by atoms with Crippen LogP contribution < -0.4 is 10.1 Å². The number of amides is 2. The Morgan fingerprint density at radius 1 is 1.03 bits per heavy atom. The Morgan fingerprint density at radius 3 is 2.40 bits per heavy atom. The molecule has 3 aliphatic rings. The number of likely N-dealkylation sites (tertiary alicyclic amines) is 1. The Hall–Kier alpha value is -3.19. The molecule has 2 N–H and O–H groups in total. The maximum Gasteiger partial charge on any atom is 0.324 e. The van der Waals surface area contributed by atoms with Gasteiger partial charge >= 0.3 is 5.97 Å². The van der Waals surface area contributed by atoms with Crippen molar-refractivity contribution in [1.29, 1.82) is 0 Å². The summed E-state index contributed by atoms with van der Waals surface area (Å²) in [7, 11) is 1.56.